The average molecular weight is 404 g/mol. The van der Waals surface area contributed by atoms with E-state index in [0.29, 0.717) is 11.3 Å². The number of hydrogen-bond donors (Lipinski definition) is 1. The lowest BCUT2D eigenvalue weighted by Gasteiger charge is -2.14. The molecule has 1 N–H and O–H groups in total. The number of rotatable bonds is 6. The Morgan fingerprint density at radius 1 is 1.14 bits per heavy atom. The number of anilines is 1. The molecule has 29 heavy (non-hydrogen) atoms. The number of ether oxygens (including phenoxy) is 1. The largest absolute Gasteiger partial charge is 0.484 e. The van der Waals surface area contributed by atoms with Gasteiger partial charge in [0.05, 0.1) is 16.9 Å². The van der Waals surface area contributed by atoms with E-state index in [9.17, 15) is 22.8 Å². The molecule has 1 amide bonds. The molecule has 0 fully saturated rings. The van der Waals surface area contributed by atoms with Crippen LogP contribution in [-0.4, -0.2) is 33.1 Å². The summed E-state index contributed by atoms with van der Waals surface area (Å²) < 4.78 is 45.7. The van der Waals surface area contributed by atoms with E-state index >= 15 is 0 Å². The highest BCUT2D eigenvalue weighted by atomic mass is 19.4. The molecule has 10 heteroatoms. The van der Waals surface area contributed by atoms with E-state index in [2.05, 4.69) is 15.4 Å². The monoisotopic (exact) mass is 404 g/mol. The summed E-state index contributed by atoms with van der Waals surface area (Å²) in [6.45, 7) is 0.984. The van der Waals surface area contributed by atoms with Crippen LogP contribution < -0.4 is 10.1 Å². The first-order valence-corrected chi connectivity index (χ1v) is 8.34. The molecular formula is C19H15F3N4O3. The topological polar surface area (TPSA) is 86.1 Å². The van der Waals surface area contributed by atoms with Crippen LogP contribution in [0.4, 0.5) is 18.9 Å². The van der Waals surface area contributed by atoms with Crippen LogP contribution in [0.1, 0.15) is 22.8 Å². The summed E-state index contributed by atoms with van der Waals surface area (Å²) in [5.74, 6) is -0.438. The minimum absolute atomic E-state index is 0.0918. The van der Waals surface area contributed by atoms with Crippen LogP contribution in [0.15, 0.2) is 55.1 Å². The van der Waals surface area contributed by atoms with Crippen LogP contribution in [0.25, 0.3) is 5.69 Å². The second-order valence-corrected chi connectivity index (χ2v) is 5.99. The predicted molar refractivity (Wildman–Crippen MR) is 96.9 cm³/mol. The molecule has 150 valence electrons. The van der Waals surface area contributed by atoms with Gasteiger partial charge in [0.15, 0.2) is 12.4 Å². The van der Waals surface area contributed by atoms with Gasteiger partial charge < -0.3 is 10.1 Å². The molecular weight excluding hydrogens is 389 g/mol. The Balaban J connectivity index is 1.75. The van der Waals surface area contributed by atoms with Crippen LogP contribution in [0, 0.1) is 0 Å². The second kappa shape index (κ2) is 8.13. The standard InChI is InChI=1S/C19H15F3N4O3/c1-12(27)13-2-5-15(6-3-13)29-9-18(28)25-16-8-14(19(20,21)22)4-7-17(16)26-11-23-10-24-26/h2-8,10-11H,9H2,1H3,(H,25,28). The number of alkyl halides is 3. The smallest absolute Gasteiger partial charge is 0.416 e. The minimum Gasteiger partial charge on any atom is -0.484 e. The van der Waals surface area contributed by atoms with Crippen molar-refractivity contribution in [3.05, 3.63) is 66.2 Å². The van der Waals surface area contributed by atoms with Crippen LogP contribution >= 0.6 is 0 Å². The Hall–Kier alpha value is -3.69. The molecule has 7 nitrogen and oxygen atoms in total. The van der Waals surface area contributed by atoms with Crippen LogP contribution in [0.3, 0.4) is 0 Å². The van der Waals surface area contributed by atoms with Crippen molar-refractivity contribution in [2.75, 3.05) is 11.9 Å². The van der Waals surface area contributed by atoms with Gasteiger partial charge in [0.1, 0.15) is 18.4 Å². The fraction of sp³-hybridized carbons (Fsp3) is 0.158. The molecule has 0 aliphatic rings. The molecule has 0 atom stereocenters. The molecule has 2 aromatic carbocycles. The van der Waals surface area contributed by atoms with Gasteiger partial charge in [0.25, 0.3) is 5.91 Å². The van der Waals surface area contributed by atoms with Crippen molar-refractivity contribution >= 4 is 17.4 Å². The van der Waals surface area contributed by atoms with Gasteiger partial charge in [-0.1, -0.05) is 0 Å². The van der Waals surface area contributed by atoms with Crippen molar-refractivity contribution in [2.24, 2.45) is 0 Å². The number of benzene rings is 2. The highest BCUT2D eigenvalue weighted by Crippen LogP contribution is 2.33. The normalized spacial score (nSPS) is 11.2. The molecule has 3 aromatic rings. The number of carbonyl (C=O) groups excluding carboxylic acids is 2. The number of halogens is 3. The van der Waals surface area contributed by atoms with Gasteiger partial charge in [0, 0.05) is 5.56 Å². The highest BCUT2D eigenvalue weighted by Gasteiger charge is 2.31. The number of nitrogens with one attached hydrogen (secondary N) is 1. The molecule has 1 aromatic heterocycles. The molecule has 0 bridgehead atoms. The molecule has 0 saturated carbocycles. The molecule has 0 aliphatic heterocycles. The number of aromatic nitrogens is 3. The summed E-state index contributed by atoms with van der Waals surface area (Å²) in [6, 6.07) is 9.03. The SMILES string of the molecule is CC(=O)c1ccc(OCC(=O)Nc2cc(C(F)(F)F)ccc2-n2cncn2)cc1. The second-order valence-electron chi connectivity index (χ2n) is 5.99. The quantitative estimate of drug-likeness (QED) is 0.636. The van der Waals surface area contributed by atoms with Gasteiger partial charge in [-0.25, -0.2) is 9.67 Å². The molecule has 0 aliphatic carbocycles. The number of amides is 1. The van der Waals surface area contributed by atoms with E-state index in [1.807, 2.05) is 0 Å². The number of Topliss-reactive ketones (excluding diaryl/α,β-unsaturated/α-hetero) is 1. The van der Waals surface area contributed by atoms with Crippen molar-refractivity contribution < 1.29 is 27.5 Å². The molecule has 0 saturated heterocycles. The van der Waals surface area contributed by atoms with Gasteiger partial charge >= 0.3 is 6.18 Å². The Morgan fingerprint density at radius 3 is 2.45 bits per heavy atom. The average Bonchev–Trinajstić information content (AvgIpc) is 3.20. The summed E-state index contributed by atoms with van der Waals surface area (Å²) in [4.78, 5) is 27.2. The lowest BCUT2D eigenvalue weighted by molar-refractivity contribution is -0.137. The van der Waals surface area contributed by atoms with Crippen molar-refractivity contribution in [2.45, 2.75) is 13.1 Å². The van der Waals surface area contributed by atoms with E-state index < -0.39 is 24.3 Å². The molecule has 1 heterocycles. The van der Waals surface area contributed by atoms with Crippen LogP contribution in [0.5, 0.6) is 5.75 Å². The Bertz CT molecular complexity index is 1020. The van der Waals surface area contributed by atoms with Crippen LogP contribution in [0.2, 0.25) is 0 Å². The van der Waals surface area contributed by atoms with Gasteiger partial charge in [0.2, 0.25) is 0 Å². The fourth-order valence-electron chi connectivity index (χ4n) is 2.47. The Labute approximate surface area is 163 Å². The molecule has 3 rings (SSSR count). The van der Waals surface area contributed by atoms with Crippen molar-refractivity contribution in [3.63, 3.8) is 0 Å². The molecule has 0 radical (unpaired) electrons. The Morgan fingerprint density at radius 2 is 1.86 bits per heavy atom. The van der Waals surface area contributed by atoms with E-state index in [-0.39, 0.29) is 17.2 Å². The zero-order valence-electron chi connectivity index (χ0n) is 15.1. The maximum Gasteiger partial charge on any atom is 0.416 e. The summed E-state index contributed by atoms with van der Waals surface area (Å²) >= 11 is 0. The third-order valence-electron chi connectivity index (χ3n) is 3.89. The molecule has 0 unspecified atom stereocenters. The summed E-state index contributed by atoms with van der Waals surface area (Å²) in [6.07, 6.45) is -2.06. The number of nitrogens with zero attached hydrogens (tertiary/aromatic N) is 3. The van der Waals surface area contributed by atoms with E-state index in [1.54, 1.807) is 12.1 Å². The maximum atomic E-state index is 13.0. The lowest BCUT2D eigenvalue weighted by Crippen LogP contribution is -2.21. The first-order valence-electron chi connectivity index (χ1n) is 8.34. The van der Waals surface area contributed by atoms with E-state index in [1.165, 1.54) is 42.5 Å². The summed E-state index contributed by atoms with van der Waals surface area (Å²) in [5.41, 5.74) is -0.304. The van der Waals surface area contributed by atoms with Gasteiger partial charge in [-0.15, -0.1) is 0 Å². The van der Waals surface area contributed by atoms with E-state index in [0.717, 1.165) is 12.1 Å². The van der Waals surface area contributed by atoms with Crippen molar-refractivity contribution in [1.82, 2.24) is 14.8 Å². The van der Waals surface area contributed by atoms with Gasteiger partial charge in [-0.05, 0) is 49.4 Å². The maximum absolute atomic E-state index is 13.0. The van der Waals surface area contributed by atoms with Crippen molar-refractivity contribution in [3.8, 4) is 11.4 Å². The number of hydrogen-bond acceptors (Lipinski definition) is 5. The summed E-state index contributed by atoms with van der Waals surface area (Å²) in [5, 5.41) is 6.28. The fourth-order valence-corrected chi connectivity index (χ4v) is 2.47. The Kier molecular flexibility index (Phi) is 5.62. The third kappa shape index (κ3) is 4.98. The number of carbonyl (C=O) groups is 2. The van der Waals surface area contributed by atoms with Crippen LogP contribution in [-0.2, 0) is 11.0 Å². The zero-order valence-corrected chi connectivity index (χ0v) is 15.1. The van der Waals surface area contributed by atoms with Gasteiger partial charge in [-0.3, -0.25) is 9.59 Å². The lowest BCUT2D eigenvalue weighted by atomic mass is 10.1. The first-order chi connectivity index (χ1) is 13.7. The third-order valence-corrected chi connectivity index (χ3v) is 3.89. The minimum atomic E-state index is -4.57. The van der Waals surface area contributed by atoms with Gasteiger partial charge in [-0.2, -0.15) is 18.3 Å². The van der Waals surface area contributed by atoms with E-state index in [4.69, 9.17) is 4.74 Å². The summed E-state index contributed by atoms with van der Waals surface area (Å²) in [7, 11) is 0. The number of ketones is 1. The van der Waals surface area contributed by atoms with Crippen molar-refractivity contribution in [1.29, 1.82) is 0 Å². The highest BCUT2D eigenvalue weighted by molar-refractivity contribution is 5.94. The predicted octanol–water partition coefficient (Wildman–Crippen LogP) is 3.51. The first kappa shape index (κ1) is 20.1. The molecule has 0 spiro atoms. The zero-order chi connectivity index (χ0) is 21.0.